The molecule has 0 radical (unpaired) electrons. The molecule has 0 spiro atoms. The van der Waals surface area contributed by atoms with E-state index in [-0.39, 0.29) is 23.4 Å². The molecular formula is C17H23N3O2. The Balaban J connectivity index is 2.03. The predicted octanol–water partition coefficient (Wildman–Crippen LogP) is 2.21. The zero-order chi connectivity index (χ0) is 16.3. The zero-order valence-electron chi connectivity index (χ0n) is 13.3. The van der Waals surface area contributed by atoms with Gasteiger partial charge in [-0.1, -0.05) is 45.0 Å². The molecule has 0 aliphatic carbocycles. The first kappa shape index (κ1) is 16.2. The fourth-order valence-electron chi connectivity index (χ4n) is 2.34. The number of nitrogens with two attached hydrogens (primary N) is 1. The SMILES string of the molecule is CC(C)(C)c1ccc(CCC(=O)n2[nH]c(=O)cc2CN)cc1. The van der Waals surface area contributed by atoms with Crippen molar-refractivity contribution >= 4 is 5.91 Å². The van der Waals surface area contributed by atoms with Gasteiger partial charge in [0.15, 0.2) is 0 Å². The molecule has 22 heavy (non-hydrogen) atoms. The van der Waals surface area contributed by atoms with Crippen LogP contribution in [0.25, 0.3) is 0 Å². The quantitative estimate of drug-likeness (QED) is 0.908. The smallest absolute Gasteiger partial charge is 0.264 e. The second-order valence-corrected chi connectivity index (χ2v) is 6.49. The number of aromatic nitrogens is 2. The summed E-state index contributed by atoms with van der Waals surface area (Å²) >= 11 is 0. The van der Waals surface area contributed by atoms with E-state index in [1.54, 1.807) is 0 Å². The lowest BCUT2D eigenvalue weighted by molar-refractivity contribution is 0.0883. The number of aromatic amines is 1. The summed E-state index contributed by atoms with van der Waals surface area (Å²) in [7, 11) is 0. The molecule has 0 bridgehead atoms. The molecule has 2 aromatic rings. The van der Waals surface area contributed by atoms with Crippen molar-refractivity contribution in [1.29, 1.82) is 0 Å². The molecule has 5 nitrogen and oxygen atoms in total. The number of rotatable bonds is 4. The minimum atomic E-state index is -0.302. The summed E-state index contributed by atoms with van der Waals surface area (Å²) in [5, 5.41) is 2.49. The van der Waals surface area contributed by atoms with Crippen molar-refractivity contribution in [2.75, 3.05) is 0 Å². The standard InChI is InChI=1S/C17H23N3O2/c1-17(2,3)13-7-4-12(5-8-13)6-9-16(22)20-14(11-18)10-15(21)19-20/h4-5,7-8,10H,6,9,11,18H2,1-3H3,(H,19,21). The fourth-order valence-corrected chi connectivity index (χ4v) is 2.34. The van der Waals surface area contributed by atoms with Gasteiger partial charge in [0.2, 0.25) is 5.91 Å². The maximum Gasteiger partial charge on any atom is 0.264 e. The Bertz CT molecular complexity index is 703. The van der Waals surface area contributed by atoms with Crippen LogP contribution in [0.2, 0.25) is 0 Å². The van der Waals surface area contributed by atoms with Gasteiger partial charge in [-0.15, -0.1) is 0 Å². The lowest BCUT2D eigenvalue weighted by Gasteiger charge is -2.19. The molecule has 0 aliphatic heterocycles. The second-order valence-electron chi connectivity index (χ2n) is 6.49. The molecular weight excluding hydrogens is 278 g/mol. The van der Waals surface area contributed by atoms with E-state index in [2.05, 4.69) is 50.1 Å². The highest BCUT2D eigenvalue weighted by Gasteiger charge is 2.14. The summed E-state index contributed by atoms with van der Waals surface area (Å²) in [6.07, 6.45) is 0.958. The van der Waals surface area contributed by atoms with Crippen molar-refractivity contribution in [2.24, 2.45) is 5.73 Å². The average molecular weight is 301 g/mol. The van der Waals surface area contributed by atoms with E-state index < -0.39 is 0 Å². The molecule has 1 aromatic heterocycles. The fraction of sp³-hybridized carbons (Fsp3) is 0.412. The monoisotopic (exact) mass is 301 g/mol. The first-order chi connectivity index (χ1) is 10.3. The van der Waals surface area contributed by atoms with Crippen LogP contribution in [-0.4, -0.2) is 15.7 Å². The number of benzene rings is 1. The maximum absolute atomic E-state index is 12.2. The molecule has 0 amide bonds. The van der Waals surface area contributed by atoms with E-state index in [1.807, 2.05) is 0 Å². The highest BCUT2D eigenvalue weighted by atomic mass is 16.2. The predicted molar refractivity (Wildman–Crippen MR) is 87.0 cm³/mol. The highest BCUT2D eigenvalue weighted by molar-refractivity contribution is 5.78. The van der Waals surface area contributed by atoms with Crippen LogP contribution in [0.5, 0.6) is 0 Å². The summed E-state index contributed by atoms with van der Waals surface area (Å²) in [4.78, 5) is 23.5. The van der Waals surface area contributed by atoms with Gasteiger partial charge in [-0.2, -0.15) is 0 Å². The van der Waals surface area contributed by atoms with Crippen molar-refractivity contribution < 1.29 is 4.79 Å². The Hall–Kier alpha value is -2.14. The lowest BCUT2D eigenvalue weighted by Crippen LogP contribution is -2.19. The maximum atomic E-state index is 12.2. The second kappa shape index (κ2) is 6.32. The third kappa shape index (κ3) is 3.74. The third-order valence-corrected chi connectivity index (χ3v) is 3.71. The summed E-state index contributed by atoms with van der Waals surface area (Å²) in [5.41, 5.74) is 8.23. The van der Waals surface area contributed by atoms with E-state index in [9.17, 15) is 9.59 Å². The molecule has 0 unspecified atom stereocenters. The normalized spacial score (nSPS) is 11.6. The summed E-state index contributed by atoms with van der Waals surface area (Å²) in [6.45, 7) is 6.66. The number of carbonyl (C=O) groups is 1. The van der Waals surface area contributed by atoms with Gasteiger partial charge in [0.25, 0.3) is 5.56 Å². The van der Waals surface area contributed by atoms with E-state index in [4.69, 9.17) is 5.73 Å². The van der Waals surface area contributed by atoms with Gasteiger partial charge in [-0.3, -0.25) is 14.7 Å². The van der Waals surface area contributed by atoms with Gasteiger partial charge < -0.3 is 5.73 Å². The number of nitrogens with one attached hydrogen (secondary N) is 1. The molecule has 0 saturated heterocycles. The summed E-state index contributed by atoms with van der Waals surface area (Å²) in [6, 6.07) is 9.66. The molecule has 118 valence electrons. The minimum absolute atomic E-state index is 0.120. The first-order valence-corrected chi connectivity index (χ1v) is 7.45. The summed E-state index contributed by atoms with van der Waals surface area (Å²) in [5.74, 6) is -0.151. The van der Waals surface area contributed by atoms with Crippen LogP contribution < -0.4 is 11.3 Å². The molecule has 5 heteroatoms. The molecule has 0 fully saturated rings. The van der Waals surface area contributed by atoms with E-state index in [0.29, 0.717) is 18.5 Å². The topological polar surface area (TPSA) is 80.9 Å². The van der Waals surface area contributed by atoms with Crippen LogP contribution in [-0.2, 0) is 18.4 Å². The molecule has 0 saturated carbocycles. The number of hydrogen-bond donors (Lipinski definition) is 2. The van der Waals surface area contributed by atoms with Crippen molar-refractivity contribution in [1.82, 2.24) is 9.78 Å². The van der Waals surface area contributed by atoms with Gasteiger partial charge in [-0.05, 0) is 23.0 Å². The highest BCUT2D eigenvalue weighted by Crippen LogP contribution is 2.22. The van der Waals surface area contributed by atoms with Crippen LogP contribution in [0.15, 0.2) is 35.1 Å². The summed E-state index contributed by atoms with van der Waals surface area (Å²) < 4.78 is 1.26. The largest absolute Gasteiger partial charge is 0.325 e. The molecule has 2 rings (SSSR count). The van der Waals surface area contributed by atoms with Crippen molar-refractivity contribution in [3.63, 3.8) is 0 Å². The van der Waals surface area contributed by atoms with Gasteiger partial charge in [0.1, 0.15) is 0 Å². The Morgan fingerprint density at radius 2 is 1.86 bits per heavy atom. The molecule has 1 aromatic carbocycles. The first-order valence-electron chi connectivity index (χ1n) is 7.45. The van der Waals surface area contributed by atoms with Gasteiger partial charge in [0, 0.05) is 19.0 Å². The van der Waals surface area contributed by atoms with E-state index in [1.165, 1.54) is 16.3 Å². The van der Waals surface area contributed by atoms with Gasteiger partial charge in [-0.25, -0.2) is 4.68 Å². The Morgan fingerprint density at radius 1 is 1.23 bits per heavy atom. The van der Waals surface area contributed by atoms with Crippen molar-refractivity contribution in [3.8, 4) is 0 Å². The number of H-pyrrole nitrogens is 1. The Morgan fingerprint density at radius 3 is 2.41 bits per heavy atom. The van der Waals surface area contributed by atoms with Crippen molar-refractivity contribution in [3.05, 3.63) is 57.5 Å². The lowest BCUT2D eigenvalue weighted by atomic mass is 9.86. The van der Waals surface area contributed by atoms with Crippen LogP contribution >= 0.6 is 0 Å². The number of nitrogens with zero attached hydrogens (tertiary/aromatic N) is 1. The number of aryl methyl sites for hydroxylation is 1. The Kier molecular flexibility index (Phi) is 4.66. The van der Waals surface area contributed by atoms with Crippen LogP contribution in [0, 0.1) is 0 Å². The minimum Gasteiger partial charge on any atom is -0.325 e. The van der Waals surface area contributed by atoms with Crippen LogP contribution in [0.4, 0.5) is 0 Å². The average Bonchev–Trinajstić information content (AvgIpc) is 2.85. The van der Waals surface area contributed by atoms with E-state index >= 15 is 0 Å². The molecule has 1 heterocycles. The third-order valence-electron chi connectivity index (χ3n) is 3.71. The van der Waals surface area contributed by atoms with Gasteiger partial charge in [0.05, 0.1) is 5.69 Å². The Labute approximate surface area is 130 Å². The zero-order valence-corrected chi connectivity index (χ0v) is 13.3. The van der Waals surface area contributed by atoms with Gasteiger partial charge >= 0.3 is 0 Å². The number of hydrogen-bond acceptors (Lipinski definition) is 3. The molecule has 0 aliphatic rings. The van der Waals surface area contributed by atoms with Crippen molar-refractivity contribution in [2.45, 2.75) is 45.6 Å². The van der Waals surface area contributed by atoms with E-state index in [0.717, 1.165) is 5.56 Å². The van der Waals surface area contributed by atoms with Crippen LogP contribution in [0.3, 0.4) is 0 Å². The molecule has 3 N–H and O–H groups in total. The number of carbonyl (C=O) groups excluding carboxylic acids is 1. The van der Waals surface area contributed by atoms with Crippen LogP contribution in [0.1, 0.15) is 48.8 Å². The molecule has 0 atom stereocenters.